The molecule has 2 N–H and O–H groups in total. The number of ether oxygens (including phenoxy) is 1. The van der Waals surface area contributed by atoms with Crippen LogP contribution in [-0.2, 0) is 9.53 Å². The molecule has 92 valence electrons. The Labute approximate surface area is 110 Å². The summed E-state index contributed by atoms with van der Waals surface area (Å²) in [6, 6.07) is 1.31. The highest BCUT2D eigenvalue weighted by atomic mass is 79.9. The molecule has 1 aliphatic heterocycles. The zero-order valence-corrected chi connectivity index (χ0v) is 11.1. The van der Waals surface area contributed by atoms with Crippen LogP contribution in [0, 0.1) is 5.92 Å². The number of hydrogen-bond acceptors (Lipinski definition) is 4. The van der Waals surface area contributed by atoms with E-state index in [-0.39, 0.29) is 19.1 Å². The van der Waals surface area contributed by atoms with Gasteiger partial charge in [-0.3, -0.25) is 9.59 Å². The summed E-state index contributed by atoms with van der Waals surface area (Å²) in [4.78, 5) is 23.3. The monoisotopic (exact) mass is 319 g/mol. The molecule has 2 unspecified atom stereocenters. The van der Waals surface area contributed by atoms with Crippen molar-refractivity contribution < 1.29 is 19.4 Å². The van der Waals surface area contributed by atoms with Gasteiger partial charge in [0, 0.05) is 4.47 Å². The zero-order chi connectivity index (χ0) is 12.4. The van der Waals surface area contributed by atoms with E-state index in [0.29, 0.717) is 9.35 Å². The molecule has 0 aromatic carbocycles. The number of carbonyl (C=O) groups excluding carboxylic acids is 1. The Kier molecular flexibility index (Phi) is 3.80. The summed E-state index contributed by atoms with van der Waals surface area (Å²) in [5.41, 5.74) is 0. The van der Waals surface area contributed by atoms with Gasteiger partial charge in [0.1, 0.15) is 10.8 Å². The number of hydrogen-bond donors (Lipinski definition) is 2. The van der Waals surface area contributed by atoms with Crippen molar-refractivity contribution in [3.05, 3.63) is 20.8 Å². The Bertz CT molecular complexity index is 447. The molecule has 0 saturated carbocycles. The maximum atomic E-state index is 11.9. The number of carboxylic acid groups (broad SMARTS) is 1. The molecular formula is C10H10BrNO4S. The van der Waals surface area contributed by atoms with E-state index in [1.54, 1.807) is 11.4 Å². The Morgan fingerprint density at radius 3 is 2.88 bits per heavy atom. The fourth-order valence-corrected chi connectivity index (χ4v) is 3.08. The van der Waals surface area contributed by atoms with E-state index < -0.39 is 17.9 Å². The van der Waals surface area contributed by atoms with Crippen molar-refractivity contribution in [2.45, 2.75) is 6.04 Å². The summed E-state index contributed by atoms with van der Waals surface area (Å²) in [6.07, 6.45) is 0. The number of rotatable bonds is 3. The maximum Gasteiger partial charge on any atom is 0.311 e. The molecule has 17 heavy (non-hydrogen) atoms. The van der Waals surface area contributed by atoms with E-state index in [9.17, 15) is 9.59 Å². The van der Waals surface area contributed by atoms with Crippen molar-refractivity contribution in [2.75, 3.05) is 13.2 Å². The lowest BCUT2D eigenvalue weighted by Gasteiger charge is -2.15. The average molecular weight is 320 g/mol. The molecule has 7 heteroatoms. The molecule has 0 bridgehead atoms. The molecule has 0 aliphatic carbocycles. The smallest absolute Gasteiger partial charge is 0.311 e. The van der Waals surface area contributed by atoms with Gasteiger partial charge in [0.2, 0.25) is 0 Å². The van der Waals surface area contributed by atoms with Gasteiger partial charge in [-0.1, -0.05) is 0 Å². The lowest BCUT2D eigenvalue weighted by Crippen LogP contribution is -2.42. The van der Waals surface area contributed by atoms with Gasteiger partial charge in [-0.25, -0.2) is 0 Å². The molecule has 0 radical (unpaired) electrons. The van der Waals surface area contributed by atoms with Crippen LogP contribution in [0.1, 0.15) is 9.67 Å². The highest BCUT2D eigenvalue weighted by molar-refractivity contribution is 9.10. The minimum atomic E-state index is -0.946. The van der Waals surface area contributed by atoms with Crippen LogP contribution in [0.2, 0.25) is 0 Å². The average Bonchev–Trinajstić information content (AvgIpc) is 2.86. The first-order chi connectivity index (χ1) is 8.09. The summed E-state index contributed by atoms with van der Waals surface area (Å²) in [6.45, 7) is 0.386. The van der Waals surface area contributed by atoms with Crippen molar-refractivity contribution in [1.82, 2.24) is 5.32 Å². The molecular weight excluding hydrogens is 310 g/mol. The van der Waals surface area contributed by atoms with Gasteiger partial charge >= 0.3 is 5.97 Å². The van der Waals surface area contributed by atoms with Crippen molar-refractivity contribution in [3.63, 3.8) is 0 Å². The van der Waals surface area contributed by atoms with Crippen LogP contribution >= 0.6 is 27.3 Å². The highest BCUT2D eigenvalue weighted by Crippen LogP contribution is 2.23. The molecule has 1 aromatic rings. The van der Waals surface area contributed by atoms with Gasteiger partial charge in [0.15, 0.2) is 0 Å². The number of thiophene rings is 1. The Hall–Kier alpha value is -0.920. The predicted octanol–water partition coefficient (Wildman–Crippen LogP) is 1.34. The molecule has 1 aliphatic rings. The normalized spacial score (nSPS) is 23.6. The fourth-order valence-electron chi connectivity index (χ4n) is 1.63. The van der Waals surface area contributed by atoms with E-state index >= 15 is 0 Å². The molecule has 1 saturated heterocycles. The summed E-state index contributed by atoms with van der Waals surface area (Å²) < 4.78 is 5.79. The molecule has 0 spiro atoms. The third-order valence-electron chi connectivity index (χ3n) is 2.54. The Morgan fingerprint density at radius 2 is 2.29 bits per heavy atom. The minimum absolute atomic E-state index is 0.145. The zero-order valence-electron chi connectivity index (χ0n) is 8.68. The lowest BCUT2D eigenvalue weighted by atomic mass is 10.0. The number of aliphatic carboxylic acids is 1. The van der Waals surface area contributed by atoms with Gasteiger partial charge in [-0.2, -0.15) is 0 Å². The maximum absolute atomic E-state index is 11.9. The second-order valence-electron chi connectivity index (χ2n) is 3.66. The van der Waals surface area contributed by atoms with Gasteiger partial charge in [-0.05, 0) is 27.4 Å². The van der Waals surface area contributed by atoms with Gasteiger partial charge in [-0.15, -0.1) is 11.3 Å². The first kappa shape index (κ1) is 12.5. The highest BCUT2D eigenvalue weighted by Gasteiger charge is 2.35. The molecule has 2 rings (SSSR count). The van der Waals surface area contributed by atoms with Crippen LogP contribution in [-0.4, -0.2) is 36.2 Å². The quantitative estimate of drug-likeness (QED) is 0.881. The minimum Gasteiger partial charge on any atom is -0.481 e. The Balaban J connectivity index is 2.04. The molecule has 2 heterocycles. The number of carbonyl (C=O) groups is 2. The number of nitrogens with one attached hydrogen (secondary N) is 1. The van der Waals surface area contributed by atoms with Crippen molar-refractivity contribution in [3.8, 4) is 0 Å². The van der Waals surface area contributed by atoms with Crippen LogP contribution < -0.4 is 5.32 Å². The molecule has 5 nitrogen and oxygen atoms in total. The van der Waals surface area contributed by atoms with E-state index in [2.05, 4.69) is 21.2 Å². The Morgan fingerprint density at radius 1 is 1.53 bits per heavy atom. The number of carboxylic acids is 1. The second-order valence-corrected chi connectivity index (χ2v) is 5.43. The van der Waals surface area contributed by atoms with Gasteiger partial charge in [0.25, 0.3) is 5.91 Å². The van der Waals surface area contributed by atoms with E-state index in [4.69, 9.17) is 9.84 Å². The van der Waals surface area contributed by atoms with E-state index in [1.807, 2.05) is 0 Å². The predicted molar refractivity (Wildman–Crippen MR) is 65.2 cm³/mol. The number of amides is 1. The second kappa shape index (κ2) is 5.16. The van der Waals surface area contributed by atoms with E-state index in [0.717, 1.165) is 0 Å². The summed E-state index contributed by atoms with van der Waals surface area (Å²) in [7, 11) is 0. The van der Waals surface area contributed by atoms with Gasteiger partial charge < -0.3 is 15.2 Å². The third-order valence-corrected chi connectivity index (χ3v) is 4.37. The first-order valence-corrected chi connectivity index (χ1v) is 6.61. The summed E-state index contributed by atoms with van der Waals surface area (Å²) in [5.74, 6) is -1.88. The first-order valence-electron chi connectivity index (χ1n) is 4.94. The summed E-state index contributed by atoms with van der Waals surface area (Å²) in [5, 5.41) is 13.4. The van der Waals surface area contributed by atoms with Crippen molar-refractivity contribution in [1.29, 1.82) is 0 Å². The fraction of sp³-hybridized carbons (Fsp3) is 0.400. The SMILES string of the molecule is O=C(NC1COCC1C(=O)O)c1sccc1Br. The van der Waals surface area contributed by atoms with E-state index in [1.165, 1.54) is 11.3 Å². The molecule has 2 atom stereocenters. The van der Waals surface area contributed by atoms with Crippen LogP contribution in [0.3, 0.4) is 0 Å². The topological polar surface area (TPSA) is 75.6 Å². The van der Waals surface area contributed by atoms with Crippen molar-refractivity contribution >= 4 is 39.1 Å². The van der Waals surface area contributed by atoms with Crippen molar-refractivity contribution in [2.24, 2.45) is 5.92 Å². The van der Waals surface area contributed by atoms with Gasteiger partial charge in [0.05, 0.1) is 19.3 Å². The molecule has 1 aromatic heterocycles. The third kappa shape index (κ3) is 2.67. The van der Waals surface area contributed by atoms with Crippen LogP contribution in [0.4, 0.5) is 0 Å². The number of halogens is 1. The largest absolute Gasteiger partial charge is 0.481 e. The molecule has 1 amide bonds. The van der Waals surface area contributed by atoms with Crippen LogP contribution in [0.25, 0.3) is 0 Å². The molecule has 1 fully saturated rings. The lowest BCUT2D eigenvalue weighted by molar-refractivity contribution is -0.142. The van der Waals surface area contributed by atoms with Crippen LogP contribution in [0.15, 0.2) is 15.9 Å². The standard InChI is InChI=1S/C10H10BrNO4S/c11-6-1-2-17-8(6)9(13)12-7-4-16-3-5(7)10(14)15/h1-2,5,7H,3-4H2,(H,12,13)(H,14,15). The van der Waals surface area contributed by atoms with Crippen LogP contribution in [0.5, 0.6) is 0 Å². The summed E-state index contributed by atoms with van der Waals surface area (Å²) >= 11 is 4.57.